The normalized spacial score (nSPS) is 10.8. The van der Waals surface area contributed by atoms with Crippen molar-refractivity contribution in [3.05, 3.63) is 53.7 Å². The number of halogens is 3. The maximum Gasteiger partial charge on any atom is 0.422 e. The van der Waals surface area contributed by atoms with E-state index in [9.17, 15) is 22.8 Å². The van der Waals surface area contributed by atoms with E-state index in [1.54, 1.807) is 0 Å². The Morgan fingerprint density at radius 3 is 2.37 bits per heavy atom. The van der Waals surface area contributed by atoms with Gasteiger partial charge >= 0.3 is 6.18 Å². The highest BCUT2D eigenvalue weighted by molar-refractivity contribution is 5.95. The number of carbonyl (C=O) groups is 2. The maximum atomic E-state index is 12.1. The second-order valence-corrected chi connectivity index (χ2v) is 5.51. The fourth-order valence-corrected chi connectivity index (χ4v) is 1.85. The van der Waals surface area contributed by atoms with Crippen molar-refractivity contribution in [2.24, 2.45) is 0 Å². The fourth-order valence-electron chi connectivity index (χ4n) is 1.85. The van der Waals surface area contributed by atoms with Gasteiger partial charge in [-0.05, 0) is 25.1 Å². The molecule has 0 aliphatic heterocycles. The SMILES string of the molecule is Cc1ccc(NCC(=O)NNC(=O)c2ccc(OCC(F)(F)F)nc2)cc1. The van der Waals surface area contributed by atoms with Gasteiger partial charge in [-0.2, -0.15) is 13.2 Å². The van der Waals surface area contributed by atoms with Crippen molar-refractivity contribution < 1.29 is 27.5 Å². The number of nitrogens with zero attached hydrogens (tertiary/aromatic N) is 1. The smallest absolute Gasteiger partial charge is 0.422 e. The summed E-state index contributed by atoms with van der Waals surface area (Å²) in [7, 11) is 0. The standard InChI is InChI=1S/C17H17F3N4O3/c1-11-2-5-13(6-3-11)21-9-14(25)23-24-16(26)12-4-7-15(22-8-12)27-10-17(18,19)20/h2-8,21H,9-10H2,1H3,(H,23,25)(H,24,26). The predicted octanol–water partition coefficient (Wildman–Crippen LogP) is 2.20. The van der Waals surface area contributed by atoms with E-state index in [2.05, 4.69) is 25.9 Å². The van der Waals surface area contributed by atoms with Crippen LogP contribution in [0.1, 0.15) is 15.9 Å². The van der Waals surface area contributed by atoms with Crippen LogP contribution in [0.2, 0.25) is 0 Å². The van der Waals surface area contributed by atoms with E-state index in [0.29, 0.717) is 0 Å². The molecular formula is C17H17F3N4O3. The van der Waals surface area contributed by atoms with Crippen molar-refractivity contribution >= 4 is 17.5 Å². The van der Waals surface area contributed by atoms with Crippen LogP contribution in [0, 0.1) is 6.92 Å². The third kappa shape index (κ3) is 7.22. The summed E-state index contributed by atoms with van der Waals surface area (Å²) >= 11 is 0. The minimum absolute atomic E-state index is 0.0427. The van der Waals surface area contributed by atoms with E-state index in [-0.39, 0.29) is 18.0 Å². The lowest BCUT2D eigenvalue weighted by atomic mass is 10.2. The number of aryl methyl sites for hydroxylation is 1. The van der Waals surface area contributed by atoms with E-state index in [4.69, 9.17) is 0 Å². The average molecular weight is 382 g/mol. The summed E-state index contributed by atoms with van der Waals surface area (Å²) < 4.78 is 40.6. The van der Waals surface area contributed by atoms with Crippen LogP contribution in [-0.2, 0) is 4.79 Å². The van der Waals surface area contributed by atoms with Crippen molar-refractivity contribution in [1.29, 1.82) is 0 Å². The Balaban J connectivity index is 1.75. The highest BCUT2D eigenvalue weighted by Gasteiger charge is 2.28. The van der Waals surface area contributed by atoms with Crippen LogP contribution in [0.25, 0.3) is 0 Å². The number of hydrogen-bond donors (Lipinski definition) is 3. The first-order valence-electron chi connectivity index (χ1n) is 7.78. The zero-order chi connectivity index (χ0) is 19.9. The molecule has 0 aliphatic carbocycles. The number of nitrogens with one attached hydrogen (secondary N) is 3. The molecule has 0 unspecified atom stereocenters. The molecule has 144 valence electrons. The number of rotatable bonds is 6. The van der Waals surface area contributed by atoms with Gasteiger partial charge in [0.15, 0.2) is 6.61 Å². The van der Waals surface area contributed by atoms with Gasteiger partial charge in [-0.15, -0.1) is 0 Å². The molecule has 0 fully saturated rings. The number of aromatic nitrogens is 1. The molecule has 1 aromatic carbocycles. The Morgan fingerprint density at radius 1 is 1.07 bits per heavy atom. The Labute approximate surface area is 152 Å². The van der Waals surface area contributed by atoms with E-state index in [1.165, 1.54) is 6.07 Å². The lowest BCUT2D eigenvalue weighted by molar-refractivity contribution is -0.154. The first-order chi connectivity index (χ1) is 12.7. The third-order valence-electron chi connectivity index (χ3n) is 3.20. The highest BCUT2D eigenvalue weighted by atomic mass is 19.4. The predicted molar refractivity (Wildman–Crippen MR) is 91.1 cm³/mol. The molecule has 2 rings (SSSR count). The summed E-state index contributed by atoms with van der Waals surface area (Å²) in [6.45, 7) is 0.400. The first-order valence-corrected chi connectivity index (χ1v) is 7.78. The molecule has 0 radical (unpaired) electrons. The van der Waals surface area contributed by atoms with Gasteiger partial charge in [-0.25, -0.2) is 4.98 Å². The summed E-state index contributed by atoms with van der Waals surface area (Å²) in [5.41, 5.74) is 6.27. The minimum Gasteiger partial charge on any atom is -0.468 e. The number of carbonyl (C=O) groups excluding carboxylic acids is 2. The monoisotopic (exact) mass is 382 g/mol. The van der Waals surface area contributed by atoms with Gasteiger partial charge < -0.3 is 10.1 Å². The third-order valence-corrected chi connectivity index (χ3v) is 3.20. The average Bonchev–Trinajstić information content (AvgIpc) is 2.64. The molecule has 0 aliphatic rings. The van der Waals surface area contributed by atoms with Gasteiger partial charge in [0.1, 0.15) is 0 Å². The highest BCUT2D eigenvalue weighted by Crippen LogP contribution is 2.17. The molecule has 0 saturated carbocycles. The van der Waals surface area contributed by atoms with Crippen molar-refractivity contribution in [3.63, 3.8) is 0 Å². The summed E-state index contributed by atoms with van der Waals surface area (Å²) in [5.74, 6) is -1.43. The summed E-state index contributed by atoms with van der Waals surface area (Å²) in [6, 6.07) is 9.75. The zero-order valence-corrected chi connectivity index (χ0v) is 14.3. The van der Waals surface area contributed by atoms with Crippen LogP contribution in [0.5, 0.6) is 5.88 Å². The molecule has 0 spiro atoms. The molecule has 0 bridgehead atoms. The van der Waals surface area contributed by atoms with Crippen molar-refractivity contribution in [3.8, 4) is 5.88 Å². The number of anilines is 1. The number of hydrogen-bond acceptors (Lipinski definition) is 5. The van der Waals surface area contributed by atoms with Crippen LogP contribution < -0.4 is 20.9 Å². The summed E-state index contributed by atoms with van der Waals surface area (Å²) in [4.78, 5) is 27.2. The number of ether oxygens (including phenoxy) is 1. The van der Waals surface area contributed by atoms with Gasteiger partial charge in [0.05, 0.1) is 12.1 Å². The van der Waals surface area contributed by atoms with Gasteiger partial charge in [-0.3, -0.25) is 20.4 Å². The lowest BCUT2D eigenvalue weighted by Gasteiger charge is -2.10. The van der Waals surface area contributed by atoms with Gasteiger partial charge in [0, 0.05) is 18.0 Å². The van der Waals surface area contributed by atoms with Crippen molar-refractivity contribution in [2.75, 3.05) is 18.5 Å². The Bertz CT molecular complexity index is 778. The number of pyridine rings is 1. The van der Waals surface area contributed by atoms with Crippen LogP contribution in [0.4, 0.5) is 18.9 Å². The molecule has 2 amide bonds. The number of hydrazine groups is 1. The van der Waals surface area contributed by atoms with Crippen molar-refractivity contribution in [1.82, 2.24) is 15.8 Å². The molecule has 0 saturated heterocycles. The molecule has 3 N–H and O–H groups in total. The van der Waals surface area contributed by atoms with Crippen LogP contribution in [0.15, 0.2) is 42.6 Å². The quantitative estimate of drug-likeness (QED) is 0.667. The summed E-state index contributed by atoms with van der Waals surface area (Å²) in [6.07, 6.45) is -3.44. The Kier molecular flexibility index (Phi) is 6.58. The molecule has 10 heteroatoms. The van der Waals surface area contributed by atoms with Gasteiger partial charge in [0.25, 0.3) is 11.8 Å². The molecular weight excluding hydrogens is 365 g/mol. The Morgan fingerprint density at radius 2 is 1.78 bits per heavy atom. The van der Waals surface area contributed by atoms with E-state index in [1.807, 2.05) is 31.2 Å². The van der Waals surface area contributed by atoms with E-state index >= 15 is 0 Å². The Hall–Kier alpha value is -3.30. The molecule has 1 aromatic heterocycles. The molecule has 2 aromatic rings. The van der Waals surface area contributed by atoms with Crippen LogP contribution >= 0.6 is 0 Å². The molecule has 27 heavy (non-hydrogen) atoms. The topological polar surface area (TPSA) is 92.4 Å². The zero-order valence-electron chi connectivity index (χ0n) is 14.3. The van der Waals surface area contributed by atoms with Gasteiger partial charge in [0.2, 0.25) is 5.88 Å². The fraction of sp³-hybridized carbons (Fsp3) is 0.235. The van der Waals surface area contributed by atoms with E-state index in [0.717, 1.165) is 23.5 Å². The lowest BCUT2D eigenvalue weighted by Crippen LogP contribution is -2.44. The van der Waals surface area contributed by atoms with Gasteiger partial charge in [-0.1, -0.05) is 17.7 Å². The number of amides is 2. The second-order valence-electron chi connectivity index (χ2n) is 5.51. The largest absolute Gasteiger partial charge is 0.468 e. The van der Waals surface area contributed by atoms with Crippen molar-refractivity contribution in [2.45, 2.75) is 13.1 Å². The van der Waals surface area contributed by atoms with Crippen LogP contribution in [0.3, 0.4) is 0 Å². The molecule has 7 nitrogen and oxygen atoms in total. The molecule has 1 heterocycles. The number of alkyl halides is 3. The maximum absolute atomic E-state index is 12.1. The number of benzene rings is 1. The van der Waals surface area contributed by atoms with Crippen LogP contribution in [-0.4, -0.2) is 36.1 Å². The first kappa shape index (κ1) is 20.0. The summed E-state index contributed by atoms with van der Waals surface area (Å²) in [5, 5.41) is 2.88. The minimum atomic E-state index is -4.48. The van der Waals surface area contributed by atoms with E-state index < -0.39 is 24.6 Å². The second kappa shape index (κ2) is 8.88. The molecule has 0 atom stereocenters.